The minimum atomic E-state index is 0.271. The molecular formula is C19H22N4O2. The van der Waals surface area contributed by atoms with Gasteiger partial charge in [0.05, 0.1) is 25.0 Å². The van der Waals surface area contributed by atoms with E-state index in [1.165, 1.54) is 0 Å². The number of hydrogen-bond acceptors (Lipinski definition) is 5. The van der Waals surface area contributed by atoms with Gasteiger partial charge in [-0.1, -0.05) is 18.2 Å². The first-order chi connectivity index (χ1) is 12.3. The normalized spacial score (nSPS) is 17.1. The van der Waals surface area contributed by atoms with Gasteiger partial charge >= 0.3 is 0 Å². The standard InChI is InChI=1S/C19H22N4O2/c1-13-10-18(20-11-14-6-5-9-25-14)23-19(22-13)16(12-21-23)15-7-3-4-8-17(15)24-2/h3-4,7-8,10,12,14,20H,5-6,9,11H2,1-2H3. The maximum atomic E-state index is 5.70. The van der Waals surface area contributed by atoms with Gasteiger partial charge in [0.2, 0.25) is 0 Å². The zero-order chi connectivity index (χ0) is 17.2. The number of rotatable bonds is 5. The van der Waals surface area contributed by atoms with Gasteiger partial charge in [0.15, 0.2) is 5.65 Å². The molecule has 3 heterocycles. The predicted molar refractivity (Wildman–Crippen MR) is 97.2 cm³/mol. The largest absolute Gasteiger partial charge is 0.496 e. The molecule has 1 saturated heterocycles. The molecule has 0 bridgehead atoms. The van der Waals surface area contributed by atoms with Crippen LogP contribution in [-0.4, -0.2) is 41.0 Å². The fraction of sp³-hybridized carbons (Fsp3) is 0.368. The Labute approximate surface area is 146 Å². The average Bonchev–Trinajstić information content (AvgIpc) is 3.29. The van der Waals surface area contributed by atoms with Crippen molar-refractivity contribution in [3.63, 3.8) is 0 Å². The molecule has 1 unspecified atom stereocenters. The molecule has 130 valence electrons. The van der Waals surface area contributed by atoms with Crippen LogP contribution < -0.4 is 10.1 Å². The molecule has 1 atom stereocenters. The molecule has 1 aliphatic heterocycles. The smallest absolute Gasteiger partial charge is 0.165 e. The Kier molecular flexibility index (Phi) is 4.28. The molecule has 0 aliphatic carbocycles. The predicted octanol–water partition coefficient (Wildman–Crippen LogP) is 3.30. The Morgan fingerprint density at radius 3 is 3.00 bits per heavy atom. The van der Waals surface area contributed by atoms with E-state index in [1.54, 1.807) is 7.11 Å². The summed E-state index contributed by atoms with van der Waals surface area (Å²) in [7, 11) is 1.68. The Morgan fingerprint density at radius 1 is 1.32 bits per heavy atom. The summed E-state index contributed by atoms with van der Waals surface area (Å²) in [5, 5.41) is 8.02. The molecular weight excluding hydrogens is 316 g/mol. The highest BCUT2D eigenvalue weighted by Gasteiger charge is 2.18. The topological polar surface area (TPSA) is 60.7 Å². The van der Waals surface area contributed by atoms with E-state index in [4.69, 9.17) is 14.5 Å². The number of methoxy groups -OCH3 is 1. The number of aryl methyl sites for hydroxylation is 1. The quantitative estimate of drug-likeness (QED) is 0.773. The summed E-state index contributed by atoms with van der Waals surface area (Å²) in [4.78, 5) is 4.70. The van der Waals surface area contributed by atoms with Crippen LogP contribution in [0.25, 0.3) is 16.8 Å². The van der Waals surface area contributed by atoms with E-state index < -0.39 is 0 Å². The van der Waals surface area contributed by atoms with E-state index in [9.17, 15) is 0 Å². The van der Waals surface area contributed by atoms with Crippen LogP contribution in [0, 0.1) is 6.92 Å². The summed E-state index contributed by atoms with van der Waals surface area (Å²) in [5.41, 5.74) is 3.71. The third-order valence-electron chi connectivity index (χ3n) is 4.53. The van der Waals surface area contributed by atoms with Crippen molar-refractivity contribution in [2.24, 2.45) is 0 Å². The molecule has 0 radical (unpaired) electrons. The molecule has 0 amide bonds. The molecule has 3 aromatic rings. The van der Waals surface area contributed by atoms with Crippen LogP contribution in [0.3, 0.4) is 0 Å². The summed E-state index contributed by atoms with van der Waals surface area (Å²) in [6.45, 7) is 3.63. The molecule has 1 N–H and O–H groups in total. The molecule has 6 nitrogen and oxygen atoms in total. The minimum Gasteiger partial charge on any atom is -0.496 e. The summed E-state index contributed by atoms with van der Waals surface area (Å²) in [6, 6.07) is 9.94. The van der Waals surface area contributed by atoms with Crippen molar-refractivity contribution < 1.29 is 9.47 Å². The maximum Gasteiger partial charge on any atom is 0.165 e. The molecule has 1 aromatic carbocycles. The third-order valence-corrected chi connectivity index (χ3v) is 4.53. The van der Waals surface area contributed by atoms with Gasteiger partial charge in [0.25, 0.3) is 0 Å². The second kappa shape index (κ2) is 6.72. The Balaban J connectivity index is 1.73. The van der Waals surface area contributed by atoms with Crippen LogP contribution in [0.15, 0.2) is 36.5 Å². The molecule has 1 aliphatic rings. The maximum absolute atomic E-state index is 5.70. The zero-order valence-electron chi connectivity index (χ0n) is 14.5. The van der Waals surface area contributed by atoms with Crippen molar-refractivity contribution in [1.29, 1.82) is 0 Å². The summed E-state index contributed by atoms with van der Waals surface area (Å²) in [5.74, 6) is 1.74. The number of ether oxygens (including phenoxy) is 2. The van der Waals surface area contributed by atoms with Gasteiger partial charge in [-0.05, 0) is 25.8 Å². The van der Waals surface area contributed by atoms with Crippen LogP contribution in [0.1, 0.15) is 18.5 Å². The molecule has 4 rings (SSSR count). The summed E-state index contributed by atoms with van der Waals surface area (Å²) in [6.07, 6.45) is 4.35. The van der Waals surface area contributed by atoms with Gasteiger partial charge < -0.3 is 14.8 Å². The van der Waals surface area contributed by atoms with E-state index in [2.05, 4.69) is 10.4 Å². The Morgan fingerprint density at radius 2 is 2.20 bits per heavy atom. The molecule has 1 fully saturated rings. The fourth-order valence-electron chi connectivity index (χ4n) is 3.29. The van der Waals surface area contributed by atoms with Crippen molar-refractivity contribution in [1.82, 2.24) is 14.6 Å². The van der Waals surface area contributed by atoms with Crippen molar-refractivity contribution >= 4 is 11.5 Å². The highest BCUT2D eigenvalue weighted by atomic mass is 16.5. The van der Waals surface area contributed by atoms with Gasteiger partial charge in [0, 0.05) is 30.5 Å². The lowest BCUT2D eigenvalue weighted by atomic mass is 10.1. The van der Waals surface area contributed by atoms with E-state index >= 15 is 0 Å². The number of nitrogens with zero attached hydrogens (tertiary/aromatic N) is 3. The lowest BCUT2D eigenvalue weighted by Gasteiger charge is -2.13. The van der Waals surface area contributed by atoms with E-state index in [-0.39, 0.29) is 6.10 Å². The highest BCUT2D eigenvalue weighted by molar-refractivity contribution is 5.82. The van der Waals surface area contributed by atoms with Crippen molar-refractivity contribution in [3.05, 3.63) is 42.2 Å². The number of fused-ring (bicyclic) bond motifs is 1. The SMILES string of the molecule is COc1ccccc1-c1cnn2c(NCC3CCCO3)cc(C)nc12. The number of hydrogen-bond donors (Lipinski definition) is 1. The Hall–Kier alpha value is -2.60. The van der Waals surface area contributed by atoms with Gasteiger partial charge in [-0.25, -0.2) is 4.98 Å². The molecule has 2 aromatic heterocycles. The highest BCUT2D eigenvalue weighted by Crippen LogP contribution is 2.32. The van der Waals surface area contributed by atoms with Crippen LogP contribution in [-0.2, 0) is 4.74 Å². The zero-order valence-corrected chi connectivity index (χ0v) is 14.5. The van der Waals surface area contributed by atoms with Crippen LogP contribution in [0.5, 0.6) is 5.75 Å². The van der Waals surface area contributed by atoms with Crippen LogP contribution >= 0.6 is 0 Å². The lowest BCUT2D eigenvalue weighted by Crippen LogP contribution is -2.20. The van der Waals surface area contributed by atoms with Crippen LogP contribution in [0.4, 0.5) is 5.82 Å². The fourth-order valence-corrected chi connectivity index (χ4v) is 3.29. The average molecular weight is 338 g/mol. The second-order valence-corrected chi connectivity index (χ2v) is 6.29. The van der Waals surface area contributed by atoms with E-state index in [0.717, 1.165) is 60.0 Å². The number of nitrogens with one attached hydrogen (secondary N) is 1. The molecule has 0 saturated carbocycles. The van der Waals surface area contributed by atoms with E-state index in [1.807, 2.05) is 48.0 Å². The summed E-state index contributed by atoms with van der Waals surface area (Å²) < 4.78 is 13.0. The van der Waals surface area contributed by atoms with Crippen molar-refractivity contribution in [2.75, 3.05) is 25.6 Å². The monoisotopic (exact) mass is 338 g/mol. The first kappa shape index (κ1) is 15.9. The Bertz CT molecular complexity index is 884. The van der Waals surface area contributed by atoms with Gasteiger partial charge in [-0.3, -0.25) is 0 Å². The number of anilines is 1. The molecule has 0 spiro atoms. The first-order valence-corrected chi connectivity index (χ1v) is 8.60. The number of benzene rings is 1. The van der Waals surface area contributed by atoms with Crippen LogP contribution in [0.2, 0.25) is 0 Å². The molecule has 6 heteroatoms. The van der Waals surface area contributed by atoms with Gasteiger partial charge in [0.1, 0.15) is 11.6 Å². The third kappa shape index (κ3) is 3.05. The minimum absolute atomic E-state index is 0.271. The van der Waals surface area contributed by atoms with Crippen molar-refractivity contribution in [2.45, 2.75) is 25.9 Å². The lowest BCUT2D eigenvalue weighted by molar-refractivity contribution is 0.120. The number of para-hydroxylation sites is 1. The first-order valence-electron chi connectivity index (χ1n) is 8.60. The second-order valence-electron chi connectivity index (χ2n) is 6.29. The number of aromatic nitrogens is 3. The van der Waals surface area contributed by atoms with Gasteiger partial charge in [-0.15, -0.1) is 0 Å². The summed E-state index contributed by atoms with van der Waals surface area (Å²) >= 11 is 0. The van der Waals surface area contributed by atoms with Gasteiger partial charge in [-0.2, -0.15) is 9.61 Å². The van der Waals surface area contributed by atoms with E-state index in [0.29, 0.717) is 0 Å². The van der Waals surface area contributed by atoms with Crippen molar-refractivity contribution in [3.8, 4) is 16.9 Å². The molecule has 25 heavy (non-hydrogen) atoms.